The van der Waals surface area contributed by atoms with Crippen molar-refractivity contribution in [1.29, 1.82) is 0 Å². The molecule has 1 fully saturated rings. The first-order chi connectivity index (χ1) is 12.4. The summed E-state index contributed by atoms with van der Waals surface area (Å²) in [6.45, 7) is -0.344. The Morgan fingerprint density at radius 3 is 2.62 bits per heavy atom. The van der Waals surface area contributed by atoms with Gasteiger partial charge in [0.1, 0.15) is 6.54 Å². The molecule has 1 N–H and O–H groups in total. The van der Waals surface area contributed by atoms with Crippen molar-refractivity contribution in [3.8, 4) is 0 Å². The molecule has 0 unspecified atom stereocenters. The van der Waals surface area contributed by atoms with Crippen LogP contribution >= 0.6 is 39.3 Å². The van der Waals surface area contributed by atoms with E-state index >= 15 is 0 Å². The largest absolute Gasteiger partial charge is 0.325 e. The lowest BCUT2D eigenvalue weighted by Crippen LogP contribution is -2.36. The van der Waals surface area contributed by atoms with Crippen molar-refractivity contribution in [3.05, 3.63) is 68.5 Å². The van der Waals surface area contributed by atoms with Crippen LogP contribution in [0.3, 0.4) is 0 Å². The number of nitrogens with one attached hydrogen (secondary N) is 1. The SMILES string of the molecule is O=C(CN1C(=O)S/C(=C/c2cccc(Br)c2)C1=O)Nc1ccc(Cl)cc1. The highest BCUT2D eigenvalue weighted by Gasteiger charge is 2.36. The molecule has 1 saturated heterocycles. The van der Waals surface area contributed by atoms with E-state index in [-0.39, 0.29) is 11.4 Å². The second-order valence-corrected chi connectivity index (χ2v) is 7.72. The molecule has 2 aromatic carbocycles. The van der Waals surface area contributed by atoms with Gasteiger partial charge in [-0.2, -0.15) is 0 Å². The van der Waals surface area contributed by atoms with E-state index in [2.05, 4.69) is 21.2 Å². The minimum absolute atomic E-state index is 0.285. The zero-order valence-corrected chi connectivity index (χ0v) is 16.4. The fourth-order valence-electron chi connectivity index (χ4n) is 2.26. The molecule has 1 aliphatic heterocycles. The highest BCUT2D eigenvalue weighted by Crippen LogP contribution is 2.32. The topological polar surface area (TPSA) is 66.5 Å². The molecule has 132 valence electrons. The number of imide groups is 1. The highest BCUT2D eigenvalue weighted by atomic mass is 79.9. The van der Waals surface area contributed by atoms with Crippen LogP contribution in [0.5, 0.6) is 0 Å². The first kappa shape index (κ1) is 18.7. The van der Waals surface area contributed by atoms with Gasteiger partial charge in [0, 0.05) is 15.2 Å². The molecule has 0 saturated carbocycles. The Balaban J connectivity index is 1.69. The predicted octanol–water partition coefficient (Wildman–Crippen LogP) is 4.78. The molecule has 3 rings (SSSR count). The van der Waals surface area contributed by atoms with E-state index < -0.39 is 17.1 Å². The average Bonchev–Trinajstić information content (AvgIpc) is 2.84. The molecular formula is C18H12BrClN2O3S. The Hall–Kier alpha value is -2.09. The number of thioether (sulfide) groups is 1. The van der Waals surface area contributed by atoms with Gasteiger partial charge in [0.25, 0.3) is 11.1 Å². The van der Waals surface area contributed by atoms with Gasteiger partial charge in [0.2, 0.25) is 5.91 Å². The van der Waals surface area contributed by atoms with Gasteiger partial charge in [0.05, 0.1) is 4.91 Å². The van der Waals surface area contributed by atoms with E-state index in [9.17, 15) is 14.4 Å². The zero-order valence-electron chi connectivity index (χ0n) is 13.2. The number of benzene rings is 2. The summed E-state index contributed by atoms with van der Waals surface area (Å²) in [6.07, 6.45) is 1.63. The van der Waals surface area contributed by atoms with Crippen molar-refractivity contribution in [2.75, 3.05) is 11.9 Å². The van der Waals surface area contributed by atoms with E-state index in [4.69, 9.17) is 11.6 Å². The average molecular weight is 452 g/mol. The maximum Gasteiger partial charge on any atom is 0.294 e. The Morgan fingerprint density at radius 2 is 1.92 bits per heavy atom. The van der Waals surface area contributed by atoms with Crippen LogP contribution < -0.4 is 5.32 Å². The van der Waals surface area contributed by atoms with Gasteiger partial charge >= 0.3 is 0 Å². The first-order valence-electron chi connectivity index (χ1n) is 7.49. The minimum Gasteiger partial charge on any atom is -0.325 e. The highest BCUT2D eigenvalue weighted by molar-refractivity contribution is 9.10. The smallest absolute Gasteiger partial charge is 0.294 e. The van der Waals surface area contributed by atoms with E-state index in [1.54, 1.807) is 30.3 Å². The molecule has 0 aliphatic carbocycles. The number of carbonyl (C=O) groups excluding carboxylic acids is 3. The molecule has 3 amide bonds. The third-order valence-corrected chi connectivity index (χ3v) is 5.10. The number of amides is 3. The van der Waals surface area contributed by atoms with Crippen molar-refractivity contribution in [2.45, 2.75) is 0 Å². The number of nitrogens with zero attached hydrogens (tertiary/aromatic N) is 1. The molecule has 0 bridgehead atoms. The van der Waals surface area contributed by atoms with Crippen LogP contribution in [0.1, 0.15) is 5.56 Å². The minimum atomic E-state index is -0.480. The van der Waals surface area contributed by atoms with Gasteiger partial charge in [-0.15, -0.1) is 0 Å². The molecule has 1 heterocycles. The molecule has 26 heavy (non-hydrogen) atoms. The number of carbonyl (C=O) groups is 3. The fourth-order valence-corrected chi connectivity index (χ4v) is 3.64. The van der Waals surface area contributed by atoms with Gasteiger partial charge in [0.15, 0.2) is 0 Å². The van der Waals surface area contributed by atoms with Crippen LogP contribution in [0.4, 0.5) is 10.5 Å². The number of hydrogen-bond donors (Lipinski definition) is 1. The molecule has 5 nitrogen and oxygen atoms in total. The molecule has 0 radical (unpaired) electrons. The molecule has 1 aliphatic rings. The summed E-state index contributed by atoms with van der Waals surface area (Å²) in [5, 5.41) is 2.71. The molecule has 2 aromatic rings. The first-order valence-corrected chi connectivity index (χ1v) is 9.47. The summed E-state index contributed by atoms with van der Waals surface area (Å²) >= 11 is 9.97. The van der Waals surface area contributed by atoms with Crippen LogP contribution in [0.2, 0.25) is 5.02 Å². The Kier molecular flexibility index (Phi) is 5.80. The van der Waals surface area contributed by atoms with Crippen molar-refractivity contribution < 1.29 is 14.4 Å². The lowest BCUT2D eigenvalue weighted by Gasteiger charge is -2.12. The Morgan fingerprint density at radius 1 is 1.19 bits per heavy atom. The van der Waals surface area contributed by atoms with Crippen LogP contribution in [-0.4, -0.2) is 28.5 Å². The Bertz CT molecular complexity index is 915. The van der Waals surface area contributed by atoms with Crippen LogP contribution in [0, 0.1) is 0 Å². The molecule has 0 spiro atoms. The maximum atomic E-state index is 12.4. The number of anilines is 1. The van der Waals surface area contributed by atoms with Crippen LogP contribution in [-0.2, 0) is 9.59 Å². The van der Waals surface area contributed by atoms with Gasteiger partial charge in [-0.05, 0) is 59.8 Å². The predicted molar refractivity (Wildman–Crippen MR) is 107 cm³/mol. The summed E-state index contributed by atoms with van der Waals surface area (Å²) < 4.78 is 0.868. The van der Waals surface area contributed by atoms with E-state index in [1.165, 1.54) is 0 Å². The van der Waals surface area contributed by atoms with Crippen molar-refractivity contribution in [1.82, 2.24) is 4.90 Å². The second kappa shape index (κ2) is 8.07. The quantitative estimate of drug-likeness (QED) is 0.680. The molecular weight excluding hydrogens is 440 g/mol. The maximum absolute atomic E-state index is 12.4. The third kappa shape index (κ3) is 4.55. The van der Waals surface area contributed by atoms with E-state index in [0.717, 1.165) is 26.7 Å². The summed E-state index contributed by atoms with van der Waals surface area (Å²) in [5.74, 6) is -0.940. The fraction of sp³-hybridized carbons (Fsp3) is 0.0556. The van der Waals surface area contributed by atoms with Gasteiger partial charge in [-0.3, -0.25) is 19.3 Å². The van der Waals surface area contributed by atoms with Gasteiger partial charge in [-0.25, -0.2) is 0 Å². The number of rotatable bonds is 4. The number of halogens is 2. The molecule has 0 atom stereocenters. The monoisotopic (exact) mass is 450 g/mol. The van der Waals surface area contributed by atoms with Crippen LogP contribution in [0.15, 0.2) is 57.9 Å². The lowest BCUT2D eigenvalue weighted by atomic mass is 10.2. The summed E-state index contributed by atoms with van der Waals surface area (Å²) in [7, 11) is 0. The van der Waals surface area contributed by atoms with Crippen molar-refractivity contribution in [2.24, 2.45) is 0 Å². The number of hydrogen-bond acceptors (Lipinski definition) is 4. The molecule has 8 heteroatoms. The summed E-state index contributed by atoms with van der Waals surface area (Å²) in [5.41, 5.74) is 1.33. The van der Waals surface area contributed by atoms with E-state index in [1.807, 2.05) is 24.3 Å². The summed E-state index contributed by atoms with van der Waals surface area (Å²) in [6, 6.07) is 13.9. The van der Waals surface area contributed by atoms with E-state index in [0.29, 0.717) is 10.7 Å². The van der Waals surface area contributed by atoms with Crippen LogP contribution in [0.25, 0.3) is 6.08 Å². The van der Waals surface area contributed by atoms with Crippen molar-refractivity contribution >= 4 is 68.1 Å². The normalized spacial score (nSPS) is 15.6. The second-order valence-electron chi connectivity index (χ2n) is 5.38. The zero-order chi connectivity index (χ0) is 18.7. The third-order valence-electron chi connectivity index (χ3n) is 3.45. The lowest BCUT2D eigenvalue weighted by molar-refractivity contribution is -0.127. The summed E-state index contributed by atoms with van der Waals surface area (Å²) in [4.78, 5) is 37.9. The van der Waals surface area contributed by atoms with Crippen molar-refractivity contribution in [3.63, 3.8) is 0 Å². The van der Waals surface area contributed by atoms with Gasteiger partial charge in [-0.1, -0.05) is 39.7 Å². The standard InChI is InChI=1S/C18H12BrClN2O3S/c19-12-3-1-2-11(8-12)9-15-17(24)22(18(25)26-15)10-16(23)21-14-6-4-13(20)5-7-14/h1-9H,10H2,(H,21,23)/b15-9+. The molecule has 0 aromatic heterocycles. The van der Waals surface area contributed by atoms with Gasteiger partial charge < -0.3 is 5.32 Å². The Labute approximate surface area is 167 Å².